The van der Waals surface area contributed by atoms with Crippen molar-refractivity contribution in [3.8, 4) is 5.75 Å². The van der Waals surface area contributed by atoms with E-state index in [-0.39, 0.29) is 5.82 Å². The smallest absolute Gasteiger partial charge is 0.137 e. The van der Waals surface area contributed by atoms with Gasteiger partial charge in [0.2, 0.25) is 0 Å². The number of ether oxygens (including phenoxy) is 1. The monoisotopic (exact) mass is 328 g/mol. The molecule has 0 saturated carbocycles. The van der Waals surface area contributed by atoms with Crippen LogP contribution in [0.3, 0.4) is 0 Å². The molecule has 0 aliphatic rings. The molecule has 4 heteroatoms. The molecule has 0 amide bonds. The van der Waals surface area contributed by atoms with Crippen LogP contribution in [0.1, 0.15) is 11.1 Å². The Morgan fingerprint density at radius 3 is 2.78 bits per heavy atom. The third-order valence-electron chi connectivity index (χ3n) is 2.55. The van der Waals surface area contributed by atoms with Gasteiger partial charge in [0, 0.05) is 10.6 Å². The minimum atomic E-state index is -0.288. The van der Waals surface area contributed by atoms with Gasteiger partial charge in [0.15, 0.2) is 0 Å². The van der Waals surface area contributed by atoms with Crippen molar-refractivity contribution >= 4 is 27.5 Å². The molecule has 94 valence electrons. The molecule has 0 aromatic heterocycles. The molecule has 2 aromatic carbocycles. The Labute approximate surface area is 119 Å². The van der Waals surface area contributed by atoms with E-state index in [0.717, 1.165) is 16.9 Å². The molecule has 18 heavy (non-hydrogen) atoms. The van der Waals surface area contributed by atoms with Crippen LogP contribution in [0.5, 0.6) is 5.75 Å². The van der Waals surface area contributed by atoms with Crippen LogP contribution in [0.25, 0.3) is 0 Å². The summed E-state index contributed by atoms with van der Waals surface area (Å²) < 4.78 is 19.4. The summed E-state index contributed by atoms with van der Waals surface area (Å²) in [5.41, 5.74) is 1.72. The second-order valence-electron chi connectivity index (χ2n) is 3.91. The van der Waals surface area contributed by atoms with Crippen molar-refractivity contribution in [3.63, 3.8) is 0 Å². The fraction of sp³-hybridized carbons (Fsp3) is 0.143. The first kappa shape index (κ1) is 13.4. The average Bonchev–Trinajstić information content (AvgIpc) is 2.33. The summed E-state index contributed by atoms with van der Waals surface area (Å²) in [4.78, 5) is 0. The van der Waals surface area contributed by atoms with Gasteiger partial charge in [-0.25, -0.2) is 4.39 Å². The number of benzene rings is 2. The second kappa shape index (κ2) is 5.72. The predicted octanol–water partition coefficient (Wildman–Crippen LogP) is 5.13. The van der Waals surface area contributed by atoms with E-state index in [1.807, 2.05) is 25.1 Å². The van der Waals surface area contributed by atoms with Crippen LogP contribution >= 0.6 is 27.5 Å². The zero-order valence-corrected chi connectivity index (χ0v) is 12.1. The van der Waals surface area contributed by atoms with Crippen LogP contribution in [0.2, 0.25) is 5.02 Å². The van der Waals surface area contributed by atoms with Crippen molar-refractivity contribution in [1.82, 2.24) is 0 Å². The summed E-state index contributed by atoms with van der Waals surface area (Å²) in [5, 5.41) is 0.673. The summed E-state index contributed by atoms with van der Waals surface area (Å²) in [7, 11) is 0. The van der Waals surface area contributed by atoms with Gasteiger partial charge in [-0.05, 0) is 52.7 Å². The Morgan fingerprint density at radius 2 is 2.06 bits per heavy atom. The van der Waals surface area contributed by atoms with Gasteiger partial charge in [0.25, 0.3) is 0 Å². The molecule has 0 spiro atoms. The molecule has 0 aliphatic carbocycles. The highest BCUT2D eigenvalue weighted by molar-refractivity contribution is 9.10. The number of hydrogen-bond donors (Lipinski definition) is 0. The molecule has 0 aliphatic heterocycles. The Balaban J connectivity index is 2.14. The summed E-state index contributed by atoms with van der Waals surface area (Å²) in [6.45, 7) is 2.22. The zero-order chi connectivity index (χ0) is 13.1. The largest absolute Gasteiger partial charge is 0.489 e. The summed E-state index contributed by atoms with van der Waals surface area (Å²) in [5.74, 6) is 0.458. The van der Waals surface area contributed by atoms with Gasteiger partial charge < -0.3 is 4.74 Å². The van der Waals surface area contributed by atoms with E-state index >= 15 is 0 Å². The minimum Gasteiger partial charge on any atom is -0.489 e. The van der Waals surface area contributed by atoms with Crippen LogP contribution < -0.4 is 4.74 Å². The van der Waals surface area contributed by atoms with Gasteiger partial charge >= 0.3 is 0 Å². The Hall–Kier alpha value is -1.06. The highest BCUT2D eigenvalue weighted by Gasteiger charge is 2.07. The standard InChI is InChI=1S/C14H11BrClFO/c1-9-7-11(16)5-6-13(9)18-8-10-3-2-4-12(17)14(10)15/h2-7H,8H2,1H3. The predicted molar refractivity (Wildman–Crippen MR) is 74.6 cm³/mol. The minimum absolute atomic E-state index is 0.288. The Kier molecular flexibility index (Phi) is 4.25. The topological polar surface area (TPSA) is 9.23 Å². The quantitative estimate of drug-likeness (QED) is 0.758. The van der Waals surface area contributed by atoms with Gasteiger partial charge in [-0.3, -0.25) is 0 Å². The summed E-state index contributed by atoms with van der Waals surface area (Å²) >= 11 is 9.08. The highest BCUT2D eigenvalue weighted by atomic mass is 79.9. The number of halogens is 3. The van der Waals surface area contributed by atoms with E-state index in [4.69, 9.17) is 16.3 Å². The maximum absolute atomic E-state index is 13.3. The van der Waals surface area contributed by atoms with Gasteiger partial charge in [0.1, 0.15) is 18.2 Å². The first-order chi connectivity index (χ1) is 8.58. The molecule has 0 N–H and O–H groups in total. The van der Waals surface area contributed by atoms with E-state index in [9.17, 15) is 4.39 Å². The van der Waals surface area contributed by atoms with Crippen LogP contribution in [-0.4, -0.2) is 0 Å². The van der Waals surface area contributed by atoms with Gasteiger partial charge in [-0.1, -0.05) is 23.7 Å². The lowest BCUT2D eigenvalue weighted by molar-refractivity contribution is 0.302. The van der Waals surface area contributed by atoms with E-state index < -0.39 is 0 Å². The molecule has 1 nitrogen and oxygen atoms in total. The van der Waals surface area contributed by atoms with Crippen LogP contribution in [-0.2, 0) is 6.61 Å². The molecule has 0 radical (unpaired) electrons. The molecule has 0 heterocycles. The van der Waals surface area contributed by atoms with Crippen LogP contribution in [0.4, 0.5) is 4.39 Å². The first-order valence-electron chi connectivity index (χ1n) is 5.40. The summed E-state index contributed by atoms with van der Waals surface area (Å²) in [6, 6.07) is 10.3. The molecule has 2 aromatic rings. The van der Waals surface area contributed by atoms with E-state index in [1.54, 1.807) is 12.1 Å². The highest BCUT2D eigenvalue weighted by Crippen LogP contribution is 2.25. The normalized spacial score (nSPS) is 10.4. The van der Waals surface area contributed by atoms with Crippen molar-refractivity contribution in [1.29, 1.82) is 0 Å². The Bertz CT molecular complexity index is 572. The van der Waals surface area contributed by atoms with Crippen molar-refractivity contribution in [2.75, 3.05) is 0 Å². The van der Waals surface area contributed by atoms with E-state index in [2.05, 4.69) is 15.9 Å². The first-order valence-corrected chi connectivity index (χ1v) is 6.57. The molecular weight excluding hydrogens is 319 g/mol. The number of hydrogen-bond acceptors (Lipinski definition) is 1. The van der Waals surface area contributed by atoms with Crippen molar-refractivity contribution < 1.29 is 9.13 Å². The molecule has 0 atom stereocenters. The molecule has 2 rings (SSSR count). The fourth-order valence-electron chi connectivity index (χ4n) is 1.59. The van der Waals surface area contributed by atoms with Gasteiger partial charge in [0.05, 0.1) is 4.47 Å². The molecule has 0 saturated heterocycles. The molecule has 0 fully saturated rings. The number of aryl methyl sites for hydroxylation is 1. The van der Waals surface area contributed by atoms with Crippen LogP contribution in [0.15, 0.2) is 40.9 Å². The fourth-order valence-corrected chi connectivity index (χ4v) is 2.20. The maximum Gasteiger partial charge on any atom is 0.137 e. The van der Waals surface area contributed by atoms with Crippen LogP contribution in [0, 0.1) is 12.7 Å². The second-order valence-corrected chi connectivity index (χ2v) is 5.14. The SMILES string of the molecule is Cc1cc(Cl)ccc1OCc1cccc(F)c1Br. The zero-order valence-electron chi connectivity index (χ0n) is 9.71. The average molecular weight is 330 g/mol. The van der Waals surface area contributed by atoms with Crippen molar-refractivity contribution in [3.05, 3.63) is 62.8 Å². The van der Waals surface area contributed by atoms with Crippen molar-refractivity contribution in [2.45, 2.75) is 13.5 Å². The lowest BCUT2D eigenvalue weighted by Gasteiger charge is -2.10. The molecule has 0 unspecified atom stereocenters. The molecular formula is C14H11BrClFO. The lowest BCUT2D eigenvalue weighted by Crippen LogP contribution is -1.99. The third kappa shape index (κ3) is 3.03. The lowest BCUT2D eigenvalue weighted by atomic mass is 10.2. The van der Waals surface area contributed by atoms with E-state index in [1.165, 1.54) is 6.07 Å². The van der Waals surface area contributed by atoms with Crippen molar-refractivity contribution in [2.24, 2.45) is 0 Å². The van der Waals surface area contributed by atoms with E-state index in [0.29, 0.717) is 16.1 Å². The maximum atomic E-state index is 13.3. The number of rotatable bonds is 3. The Morgan fingerprint density at radius 1 is 1.28 bits per heavy atom. The third-order valence-corrected chi connectivity index (χ3v) is 3.67. The van der Waals surface area contributed by atoms with Gasteiger partial charge in [-0.2, -0.15) is 0 Å². The molecule has 0 bridgehead atoms. The van der Waals surface area contributed by atoms with Gasteiger partial charge in [-0.15, -0.1) is 0 Å². The summed E-state index contributed by atoms with van der Waals surface area (Å²) in [6.07, 6.45) is 0.